The molecule has 0 heterocycles. The zero-order chi connectivity index (χ0) is 16.5. The zero-order valence-corrected chi connectivity index (χ0v) is 14.5. The van der Waals surface area contributed by atoms with Crippen molar-refractivity contribution in [1.82, 2.24) is 4.90 Å². The van der Waals surface area contributed by atoms with Gasteiger partial charge >= 0.3 is 5.97 Å². The van der Waals surface area contributed by atoms with Crippen LogP contribution in [0.4, 0.5) is 0 Å². The molecule has 1 saturated carbocycles. The summed E-state index contributed by atoms with van der Waals surface area (Å²) < 4.78 is 0. The topological polar surface area (TPSA) is 57.6 Å². The van der Waals surface area contributed by atoms with Gasteiger partial charge in [-0.3, -0.25) is 9.59 Å². The fraction of sp³-hybridized carbons (Fsp3) is 0.882. The maximum Gasteiger partial charge on any atom is 0.309 e. The molecule has 2 atom stereocenters. The first-order valence-corrected chi connectivity index (χ1v) is 8.11. The average Bonchev–Trinajstić information content (AvgIpc) is 2.60. The number of aliphatic carboxylic acids is 1. The maximum atomic E-state index is 13.1. The van der Waals surface area contributed by atoms with Crippen LogP contribution in [0.5, 0.6) is 0 Å². The summed E-state index contributed by atoms with van der Waals surface area (Å²) >= 11 is 0. The summed E-state index contributed by atoms with van der Waals surface area (Å²) in [5.41, 5.74) is -2.02. The predicted molar refractivity (Wildman–Crippen MR) is 84.0 cm³/mol. The maximum absolute atomic E-state index is 13.1. The molecular weight excluding hydrogens is 266 g/mol. The van der Waals surface area contributed by atoms with Crippen LogP contribution in [0.25, 0.3) is 0 Å². The Morgan fingerprint density at radius 3 is 1.71 bits per heavy atom. The van der Waals surface area contributed by atoms with Crippen molar-refractivity contribution >= 4 is 11.9 Å². The third-order valence-electron chi connectivity index (χ3n) is 6.10. The van der Waals surface area contributed by atoms with Gasteiger partial charge in [0.2, 0.25) is 5.91 Å². The fourth-order valence-corrected chi connectivity index (χ4v) is 3.69. The Hall–Kier alpha value is -1.06. The Morgan fingerprint density at radius 2 is 1.38 bits per heavy atom. The lowest BCUT2D eigenvalue weighted by molar-refractivity contribution is -0.161. The van der Waals surface area contributed by atoms with E-state index in [1.54, 1.807) is 6.92 Å². The monoisotopic (exact) mass is 297 g/mol. The van der Waals surface area contributed by atoms with E-state index in [4.69, 9.17) is 0 Å². The van der Waals surface area contributed by atoms with Gasteiger partial charge in [-0.1, -0.05) is 34.6 Å². The van der Waals surface area contributed by atoms with Gasteiger partial charge in [-0.25, -0.2) is 0 Å². The number of amides is 1. The molecule has 0 bridgehead atoms. The van der Waals surface area contributed by atoms with Crippen molar-refractivity contribution in [2.75, 3.05) is 13.1 Å². The molecule has 1 aliphatic rings. The van der Waals surface area contributed by atoms with Crippen LogP contribution in [-0.4, -0.2) is 35.0 Å². The lowest BCUT2D eigenvalue weighted by Crippen LogP contribution is -2.53. The highest BCUT2D eigenvalue weighted by atomic mass is 16.4. The van der Waals surface area contributed by atoms with E-state index in [2.05, 4.69) is 13.8 Å². The van der Waals surface area contributed by atoms with Crippen molar-refractivity contribution in [2.45, 2.75) is 67.2 Å². The second-order valence-corrected chi connectivity index (χ2v) is 7.39. The summed E-state index contributed by atoms with van der Waals surface area (Å²) in [6.45, 7) is 13.3. The van der Waals surface area contributed by atoms with Crippen LogP contribution in [0.3, 0.4) is 0 Å². The van der Waals surface area contributed by atoms with E-state index >= 15 is 0 Å². The van der Waals surface area contributed by atoms with Crippen LogP contribution in [0.15, 0.2) is 0 Å². The van der Waals surface area contributed by atoms with Gasteiger partial charge in [-0.05, 0) is 38.0 Å². The molecule has 21 heavy (non-hydrogen) atoms. The van der Waals surface area contributed by atoms with Gasteiger partial charge in [0.25, 0.3) is 0 Å². The van der Waals surface area contributed by atoms with Crippen molar-refractivity contribution in [3.05, 3.63) is 0 Å². The summed E-state index contributed by atoms with van der Waals surface area (Å²) in [5.74, 6) is -0.664. The summed E-state index contributed by atoms with van der Waals surface area (Å²) in [5, 5.41) is 9.64. The molecule has 0 spiro atoms. The lowest BCUT2D eigenvalue weighted by Gasteiger charge is -2.46. The number of hydrogen-bond acceptors (Lipinski definition) is 2. The first-order chi connectivity index (χ1) is 9.58. The summed E-state index contributed by atoms with van der Waals surface area (Å²) in [7, 11) is 0. The van der Waals surface area contributed by atoms with Crippen LogP contribution < -0.4 is 0 Å². The lowest BCUT2D eigenvalue weighted by atomic mass is 9.59. The van der Waals surface area contributed by atoms with Crippen molar-refractivity contribution in [2.24, 2.45) is 16.2 Å². The van der Waals surface area contributed by atoms with E-state index in [0.717, 1.165) is 25.9 Å². The molecule has 0 aromatic carbocycles. The molecule has 4 heteroatoms. The van der Waals surface area contributed by atoms with Crippen LogP contribution in [0.2, 0.25) is 0 Å². The van der Waals surface area contributed by atoms with Crippen molar-refractivity contribution in [3.63, 3.8) is 0 Å². The summed E-state index contributed by atoms with van der Waals surface area (Å²) in [6, 6.07) is 0. The van der Waals surface area contributed by atoms with E-state index < -0.39 is 22.2 Å². The molecule has 0 aromatic heterocycles. The van der Waals surface area contributed by atoms with Crippen LogP contribution in [0, 0.1) is 16.2 Å². The predicted octanol–water partition coefficient (Wildman–Crippen LogP) is 3.55. The summed E-state index contributed by atoms with van der Waals surface area (Å²) in [6.07, 6.45) is 3.06. The van der Waals surface area contributed by atoms with E-state index in [0.29, 0.717) is 12.8 Å². The molecule has 1 amide bonds. The number of carboxylic acids is 1. The Balaban J connectivity index is 3.16. The second kappa shape index (κ2) is 5.98. The molecular formula is C17H31NO3. The van der Waals surface area contributed by atoms with E-state index in [1.807, 2.05) is 25.7 Å². The van der Waals surface area contributed by atoms with Crippen LogP contribution in [0.1, 0.15) is 67.2 Å². The molecule has 4 nitrogen and oxygen atoms in total. The Kier molecular flexibility index (Phi) is 5.12. The minimum Gasteiger partial charge on any atom is -0.481 e. The fourth-order valence-electron chi connectivity index (χ4n) is 3.69. The molecule has 1 fully saturated rings. The molecule has 1 aliphatic carbocycles. The van der Waals surface area contributed by atoms with Crippen LogP contribution >= 0.6 is 0 Å². The molecule has 0 saturated heterocycles. The third kappa shape index (κ3) is 2.58. The van der Waals surface area contributed by atoms with Gasteiger partial charge in [0.1, 0.15) is 0 Å². The molecule has 0 aliphatic heterocycles. The first-order valence-electron chi connectivity index (χ1n) is 8.11. The van der Waals surface area contributed by atoms with Crippen molar-refractivity contribution < 1.29 is 14.7 Å². The standard InChI is InChI=1S/C17H31NO3/c1-7-11-18(12-8-2)13(19)16(5)9-10-17(6,14(20)21)15(16,3)4/h7-12H2,1-6H3,(H,20,21). The van der Waals surface area contributed by atoms with E-state index in [1.165, 1.54) is 0 Å². The molecule has 2 unspecified atom stereocenters. The van der Waals surface area contributed by atoms with Gasteiger partial charge in [0.15, 0.2) is 0 Å². The molecule has 1 N–H and O–H groups in total. The first kappa shape index (κ1) is 18.0. The Morgan fingerprint density at radius 1 is 0.952 bits per heavy atom. The van der Waals surface area contributed by atoms with Gasteiger partial charge in [-0.15, -0.1) is 0 Å². The average molecular weight is 297 g/mol. The Labute approximate surface area is 128 Å². The number of hydrogen-bond donors (Lipinski definition) is 1. The normalized spacial score (nSPS) is 31.1. The second-order valence-electron chi connectivity index (χ2n) is 7.39. The smallest absolute Gasteiger partial charge is 0.309 e. The van der Waals surface area contributed by atoms with Gasteiger partial charge in [0, 0.05) is 13.1 Å². The summed E-state index contributed by atoms with van der Waals surface area (Å²) in [4.78, 5) is 26.8. The van der Waals surface area contributed by atoms with E-state index in [-0.39, 0.29) is 5.91 Å². The molecule has 1 rings (SSSR count). The highest BCUT2D eigenvalue weighted by Crippen LogP contribution is 2.63. The van der Waals surface area contributed by atoms with E-state index in [9.17, 15) is 14.7 Å². The number of rotatable bonds is 6. The molecule has 0 aromatic rings. The van der Waals surface area contributed by atoms with Gasteiger partial charge in [0.05, 0.1) is 10.8 Å². The third-order valence-corrected chi connectivity index (χ3v) is 6.10. The largest absolute Gasteiger partial charge is 0.481 e. The molecule has 0 radical (unpaired) electrons. The SMILES string of the molecule is CCCN(CCC)C(=O)C1(C)CCC(C)(C(=O)O)C1(C)C. The number of carboxylic acid groups (broad SMARTS) is 1. The minimum absolute atomic E-state index is 0.126. The number of nitrogens with zero attached hydrogens (tertiary/aromatic N) is 1. The van der Waals surface area contributed by atoms with Crippen LogP contribution in [-0.2, 0) is 9.59 Å². The minimum atomic E-state index is -0.846. The number of carbonyl (C=O) groups is 2. The Bertz CT molecular complexity index is 412. The number of carbonyl (C=O) groups excluding carboxylic acids is 1. The highest BCUT2D eigenvalue weighted by Gasteiger charge is 2.65. The quantitative estimate of drug-likeness (QED) is 0.815. The highest BCUT2D eigenvalue weighted by molar-refractivity contribution is 5.87. The van der Waals surface area contributed by atoms with Crippen molar-refractivity contribution in [1.29, 1.82) is 0 Å². The van der Waals surface area contributed by atoms with Gasteiger partial charge < -0.3 is 10.0 Å². The van der Waals surface area contributed by atoms with Gasteiger partial charge in [-0.2, -0.15) is 0 Å². The van der Waals surface area contributed by atoms with Crippen molar-refractivity contribution in [3.8, 4) is 0 Å². The zero-order valence-electron chi connectivity index (χ0n) is 14.5. The molecule has 122 valence electrons.